The van der Waals surface area contributed by atoms with Crippen LogP contribution >= 0.6 is 0 Å². The third kappa shape index (κ3) is 31.5. The molecule has 430 valence electrons. The first-order chi connectivity index (χ1) is 35.6. The van der Waals surface area contributed by atoms with Gasteiger partial charge in [-0.25, -0.2) is 0 Å². The highest BCUT2D eigenvalue weighted by Gasteiger charge is 2.51. The van der Waals surface area contributed by atoms with Crippen molar-refractivity contribution >= 4 is 5.91 Å². The van der Waals surface area contributed by atoms with Crippen molar-refractivity contribution in [1.82, 2.24) is 5.32 Å². The van der Waals surface area contributed by atoms with Gasteiger partial charge in [-0.1, -0.05) is 224 Å². The number of rotatable bonds is 48. The molecule has 0 radical (unpaired) electrons. The van der Waals surface area contributed by atoms with Crippen LogP contribution in [0.5, 0.6) is 0 Å². The fraction of sp³-hybridized carbons (Fsp3) is 0.915. The first-order valence-electron chi connectivity index (χ1n) is 30.1. The highest BCUT2D eigenvalue weighted by Crippen LogP contribution is 2.30. The van der Waals surface area contributed by atoms with E-state index in [9.17, 15) is 45.6 Å². The van der Waals surface area contributed by atoms with E-state index < -0.39 is 86.8 Å². The molecule has 73 heavy (non-hydrogen) atoms. The van der Waals surface area contributed by atoms with Crippen LogP contribution in [0.3, 0.4) is 0 Å². The van der Waals surface area contributed by atoms with Gasteiger partial charge in [-0.15, -0.1) is 0 Å². The maximum absolute atomic E-state index is 13.2. The molecule has 14 nitrogen and oxygen atoms in total. The molecule has 2 rings (SSSR count). The van der Waals surface area contributed by atoms with Crippen LogP contribution in [0.25, 0.3) is 0 Å². The van der Waals surface area contributed by atoms with Gasteiger partial charge in [-0.2, -0.15) is 0 Å². The Bertz CT molecular complexity index is 1320. The fourth-order valence-corrected chi connectivity index (χ4v) is 9.99. The molecule has 2 fully saturated rings. The zero-order valence-electron chi connectivity index (χ0n) is 46.1. The molecule has 0 aromatic carbocycles. The van der Waals surface area contributed by atoms with E-state index in [2.05, 4.69) is 31.3 Å². The zero-order valence-corrected chi connectivity index (χ0v) is 46.1. The van der Waals surface area contributed by atoms with Crippen LogP contribution in [0.1, 0.15) is 251 Å². The topological polar surface area (TPSA) is 228 Å². The Balaban J connectivity index is 1.75. The number of amides is 1. The molecule has 0 saturated carbocycles. The average Bonchev–Trinajstić information content (AvgIpc) is 3.39. The fourth-order valence-electron chi connectivity index (χ4n) is 9.99. The van der Waals surface area contributed by atoms with Crippen molar-refractivity contribution in [3.63, 3.8) is 0 Å². The predicted octanol–water partition coefficient (Wildman–Crippen LogP) is 10.1. The highest BCUT2D eigenvalue weighted by molar-refractivity contribution is 5.76. The summed E-state index contributed by atoms with van der Waals surface area (Å²) in [5.74, 6) is -0.246. The van der Waals surface area contributed by atoms with E-state index in [1.54, 1.807) is 6.08 Å². The van der Waals surface area contributed by atoms with Gasteiger partial charge in [0.2, 0.25) is 5.91 Å². The number of aliphatic hydroxyl groups is 8. The summed E-state index contributed by atoms with van der Waals surface area (Å²) in [6, 6.07) is -0.917. The van der Waals surface area contributed by atoms with E-state index in [1.165, 1.54) is 167 Å². The van der Waals surface area contributed by atoms with Crippen molar-refractivity contribution in [2.45, 2.75) is 325 Å². The SMILES string of the molecule is CCCCCCCC/C=C\CCCCCCCC(=O)NC(COC1OC(CO)C(OC2OC(CO)C(O)C(O)C2O)C(O)C1O)C(O)/C=C/CCCCCCCCCCCCCCCCCCCCCCCC. The Hall–Kier alpha value is -1.53. The summed E-state index contributed by atoms with van der Waals surface area (Å²) in [7, 11) is 0. The minimum Gasteiger partial charge on any atom is -0.394 e. The van der Waals surface area contributed by atoms with Gasteiger partial charge in [0.05, 0.1) is 32.0 Å². The largest absolute Gasteiger partial charge is 0.394 e. The molecule has 12 unspecified atom stereocenters. The van der Waals surface area contributed by atoms with Crippen LogP contribution in [-0.4, -0.2) is 140 Å². The van der Waals surface area contributed by atoms with E-state index in [0.717, 1.165) is 57.8 Å². The lowest BCUT2D eigenvalue weighted by molar-refractivity contribution is -0.359. The maximum atomic E-state index is 13.2. The van der Waals surface area contributed by atoms with Crippen molar-refractivity contribution in [3.05, 3.63) is 24.3 Å². The number of hydrogen-bond acceptors (Lipinski definition) is 13. The van der Waals surface area contributed by atoms with Gasteiger partial charge in [0.1, 0.15) is 48.8 Å². The van der Waals surface area contributed by atoms with Crippen LogP contribution in [-0.2, 0) is 23.7 Å². The normalized spacial score (nSPS) is 25.5. The predicted molar refractivity (Wildman–Crippen MR) is 291 cm³/mol. The molecule has 2 aliphatic rings. The summed E-state index contributed by atoms with van der Waals surface area (Å²) in [6.07, 6.45) is 36.5. The van der Waals surface area contributed by atoms with Crippen molar-refractivity contribution in [2.75, 3.05) is 19.8 Å². The molecule has 0 aliphatic carbocycles. The van der Waals surface area contributed by atoms with E-state index >= 15 is 0 Å². The van der Waals surface area contributed by atoms with Gasteiger partial charge in [-0.3, -0.25) is 4.79 Å². The van der Waals surface area contributed by atoms with Crippen molar-refractivity contribution in [1.29, 1.82) is 0 Å². The number of nitrogens with one attached hydrogen (secondary N) is 1. The highest BCUT2D eigenvalue weighted by atomic mass is 16.7. The lowest BCUT2D eigenvalue weighted by atomic mass is 9.97. The van der Waals surface area contributed by atoms with Gasteiger partial charge in [0, 0.05) is 6.42 Å². The smallest absolute Gasteiger partial charge is 0.220 e. The molecule has 2 heterocycles. The minimum atomic E-state index is -1.79. The van der Waals surface area contributed by atoms with Gasteiger partial charge >= 0.3 is 0 Å². The molecule has 1 amide bonds. The van der Waals surface area contributed by atoms with Crippen LogP contribution in [0.2, 0.25) is 0 Å². The van der Waals surface area contributed by atoms with Crippen LogP contribution in [0.15, 0.2) is 24.3 Å². The number of aliphatic hydroxyl groups excluding tert-OH is 8. The van der Waals surface area contributed by atoms with Crippen LogP contribution < -0.4 is 5.32 Å². The quantitative estimate of drug-likeness (QED) is 0.0204. The van der Waals surface area contributed by atoms with E-state index in [-0.39, 0.29) is 18.9 Å². The number of unbranched alkanes of at least 4 members (excludes halogenated alkanes) is 33. The maximum Gasteiger partial charge on any atom is 0.220 e. The Labute approximate surface area is 443 Å². The standard InChI is InChI=1S/C59H111NO13/c1-3-5-7-9-11-13-15-17-19-20-21-22-23-24-25-26-27-29-30-32-34-36-38-40-42-48(63)47(60-51(64)43-41-39-37-35-33-31-28-18-16-14-12-10-8-6-4-2)46-70-58-56(69)54(67)57(50(45-62)72-58)73-59-55(68)53(66)52(65)49(44-61)71-59/h18,28,40,42,47-50,52-59,61-63,65-69H,3-17,19-27,29-39,41,43-46H2,1-2H3,(H,60,64)/b28-18-,42-40+. The van der Waals surface area contributed by atoms with E-state index in [1.807, 2.05) is 6.08 Å². The number of carbonyl (C=O) groups excluding carboxylic acids is 1. The number of allylic oxidation sites excluding steroid dienone is 3. The summed E-state index contributed by atoms with van der Waals surface area (Å²) >= 11 is 0. The molecule has 0 aromatic rings. The van der Waals surface area contributed by atoms with Gasteiger partial charge < -0.3 is 65.1 Å². The molecule has 0 spiro atoms. The first kappa shape index (κ1) is 67.6. The second-order valence-electron chi connectivity index (χ2n) is 21.5. The third-order valence-corrected chi connectivity index (χ3v) is 14.9. The Kier molecular flexibility index (Phi) is 42.1. The summed E-state index contributed by atoms with van der Waals surface area (Å²) in [6.45, 7) is 2.81. The van der Waals surface area contributed by atoms with Crippen molar-refractivity contribution in [3.8, 4) is 0 Å². The number of hydrogen-bond donors (Lipinski definition) is 9. The number of carbonyl (C=O) groups is 1. The van der Waals surface area contributed by atoms with Crippen LogP contribution in [0, 0.1) is 0 Å². The zero-order chi connectivity index (χ0) is 53.2. The molecule has 12 atom stereocenters. The second-order valence-corrected chi connectivity index (χ2v) is 21.5. The second kappa shape index (κ2) is 45.5. The van der Waals surface area contributed by atoms with Gasteiger partial charge in [0.15, 0.2) is 12.6 Å². The molecule has 9 N–H and O–H groups in total. The third-order valence-electron chi connectivity index (χ3n) is 14.9. The lowest BCUT2D eigenvalue weighted by Crippen LogP contribution is -2.65. The molecule has 0 aromatic heterocycles. The number of ether oxygens (including phenoxy) is 4. The molecular weight excluding hydrogens is 931 g/mol. The van der Waals surface area contributed by atoms with Crippen LogP contribution in [0.4, 0.5) is 0 Å². The molecule has 0 bridgehead atoms. The lowest BCUT2D eigenvalue weighted by Gasteiger charge is -2.46. The van der Waals surface area contributed by atoms with Crippen molar-refractivity contribution < 1.29 is 64.6 Å². The van der Waals surface area contributed by atoms with Gasteiger partial charge in [0.25, 0.3) is 0 Å². The molecule has 2 saturated heterocycles. The Morgan fingerprint density at radius 3 is 1.30 bits per heavy atom. The Morgan fingerprint density at radius 1 is 0.479 bits per heavy atom. The summed E-state index contributed by atoms with van der Waals surface area (Å²) in [5, 5.41) is 87.1. The van der Waals surface area contributed by atoms with E-state index in [4.69, 9.17) is 18.9 Å². The molecule has 14 heteroatoms. The van der Waals surface area contributed by atoms with Gasteiger partial charge in [-0.05, 0) is 44.9 Å². The van der Waals surface area contributed by atoms with E-state index in [0.29, 0.717) is 6.42 Å². The summed E-state index contributed by atoms with van der Waals surface area (Å²) in [4.78, 5) is 13.2. The van der Waals surface area contributed by atoms with Crippen molar-refractivity contribution in [2.24, 2.45) is 0 Å². The summed E-state index contributed by atoms with van der Waals surface area (Å²) in [5.41, 5.74) is 0. The monoisotopic (exact) mass is 1040 g/mol. The summed E-state index contributed by atoms with van der Waals surface area (Å²) < 4.78 is 22.8. The first-order valence-corrected chi connectivity index (χ1v) is 30.1. The minimum absolute atomic E-state index is 0.246. The average molecular weight is 1040 g/mol. The molecular formula is C59H111NO13. The Morgan fingerprint density at radius 2 is 0.863 bits per heavy atom. The molecule has 2 aliphatic heterocycles.